The highest BCUT2D eigenvalue weighted by Crippen LogP contribution is 2.25. The van der Waals surface area contributed by atoms with E-state index in [0.717, 1.165) is 4.47 Å². The highest BCUT2D eigenvalue weighted by molar-refractivity contribution is 9.10. The van der Waals surface area contributed by atoms with E-state index in [2.05, 4.69) is 21.2 Å². The Labute approximate surface area is 128 Å². The first kappa shape index (κ1) is 17.0. The molecule has 20 heavy (non-hydrogen) atoms. The predicted molar refractivity (Wildman–Crippen MR) is 82.7 cm³/mol. The number of benzene rings is 1. The molecule has 0 heterocycles. The summed E-state index contributed by atoms with van der Waals surface area (Å²) in [4.78, 5) is 12.0. The molecule has 0 bridgehead atoms. The van der Waals surface area contributed by atoms with Crippen LogP contribution in [0.4, 0.5) is 0 Å². The van der Waals surface area contributed by atoms with Crippen molar-refractivity contribution < 1.29 is 14.6 Å². The van der Waals surface area contributed by atoms with E-state index in [4.69, 9.17) is 9.84 Å². The number of aliphatic hydroxyl groups excluding tert-OH is 1. The summed E-state index contributed by atoms with van der Waals surface area (Å²) in [6, 6.07) is 7.42. The largest absolute Gasteiger partial charge is 0.480 e. The van der Waals surface area contributed by atoms with Gasteiger partial charge in [0.2, 0.25) is 0 Å². The molecule has 0 saturated carbocycles. The maximum absolute atomic E-state index is 12.0. The zero-order valence-corrected chi connectivity index (χ0v) is 13.7. The molecular formula is C15H22BrNO3. The minimum absolute atomic E-state index is 0.117. The maximum Gasteiger partial charge on any atom is 0.260 e. The number of rotatable bonds is 7. The van der Waals surface area contributed by atoms with Crippen LogP contribution in [0.3, 0.4) is 0 Å². The van der Waals surface area contributed by atoms with Gasteiger partial charge in [-0.2, -0.15) is 0 Å². The number of carbonyl (C=O) groups is 1. The molecule has 0 aliphatic heterocycles. The van der Waals surface area contributed by atoms with Crippen LogP contribution in [0.5, 0.6) is 5.75 Å². The SMILES string of the molecule is CC(Oc1ccccc1Br)C(=O)NCC(C)(C)CCO. The Balaban J connectivity index is 2.50. The van der Waals surface area contributed by atoms with Crippen molar-refractivity contribution in [2.45, 2.75) is 33.3 Å². The molecule has 1 unspecified atom stereocenters. The number of halogens is 1. The van der Waals surface area contributed by atoms with Crippen LogP contribution in [0.25, 0.3) is 0 Å². The summed E-state index contributed by atoms with van der Waals surface area (Å²) < 4.78 is 6.44. The maximum atomic E-state index is 12.0. The van der Waals surface area contributed by atoms with Crippen molar-refractivity contribution in [3.8, 4) is 5.75 Å². The van der Waals surface area contributed by atoms with Gasteiger partial charge < -0.3 is 15.2 Å². The molecule has 1 amide bonds. The van der Waals surface area contributed by atoms with Crippen LogP contribution in [-0.4, -0.2) is 30.3 Å². The quantitative estimate of drug-likeness (QED) is 0.800. The fraction of sp³-hybridized carbons (Fsp3) is 0.533. The van der Waals surface area contributed by atoms with Gasteiger partial charge in [-0.3, -0.25) is 4.79 Å². The van der Waals surface area contributed by atoms with Gasteiger partial charge in [-0.15, -0.1) is 0 Å². The first-order valence-electron chi connectivity index (χ1n) is 6.65. The van der Waals surface area contributed by atoms with Gasteiger partial charge in [-0.25, -0.2) is 0 Å². The first-order valence-corrected chi connectivity index (χ1v) is 7.45. The summed E-state index contributed by atoms with van der Waals surface area (Å²) in [5, 5.41) is 11.8. The fourth-order valence-corrected chi connectivity index (χ4v) is 2.02. The Hall–Kier alpha value is -1.07. The fourth-order valence-electron chi connectivity index (χ4n) is 1.65. The number of hydrogen-bond acceptors (Lipinski definition) is 3. The van der Waals surface area contributed by atoms with Gasteiger partial charge in [0.15, 0.2) is 6.10 Å². The lowest BCUT2D eigenvalue weighted by Gasteiger charge is -2.25. The Morgan fingerprint density at radius 3 is 2.70 bits per heavy atom. The Morgan fingerprint density at radius 1 is 1.45 bits per heavy atom. The van der Waals surface area contributed by atoms with E-state index in [1.54, 1.807) is 6.92 Å². The molecule has 0 fully saturated rings. The van der Waals surface area contributed by atoms with Crippen LogP contribution in [-0.2, 0) is 4.79 Å². The lowest BCUT2D eigenvalue weighted by molar-refractivity contribution is -0.127. The second-order valence-corrected chi connectivity index (χ2v) is 6.40. The summed E-state index contributed by atoms with van der Waals surface area (Å²) in [6.07, 6.45) is 0.0749. The van der Waals surface area contributed by atoms with Crippen molar-refractivity contribution in [1.82, 2.24) is 5.32 Å². The van der Waals surface area contributed by atoms with E-state index in [9.17, 15) is 4.79 Å². The number of hydrogen-bond donors (Lipinski definition) is 2. The van der Waals surface area contributed by atoms with E-state index in [1.165, 1.54) is 0 Å². The number of ether oxygens (including phenoxy) is 1. The molecule has 112 valence electrons. The normalized spacial score (nSPS) is 12.8. The van der Waals surface area contributed by atoms with E-state index in [-0.39, 0.29) is 17.9 Å². The molecule has 0 aliphatic carbocycles. The van der Waals surface area contributed by atoms with E-state index >= 15 is 0 Å². The minimum Gasteiger partial charge on any atom is -0.480 e. The molecule has 0 aliphatic rings. The molecule has 0 spiro atoms. The molecule has 0 saturated heterocycles. The highest BCUT2D eigenvalue weighted by atomic mass is 79.9. The van der Waals surface area contributed by atoms with Crippen molar-refractivity contribution in [1.29, 1.82) is 0 Å². The van der Waals surface area contributed by atoms with Gasteiger partial charge in [0, 0.05) is 13.2 Å². The minimum atomic E-state index is -0.571. The third-order valence-electron chi connectivity index (χ3n) is 3.04. The van der Waals surface area contributed by atoms with Crippen molar-refractivity contribution >= 4 is 21.8 Å². The molecular weight excluding hydrogens is 322 g/mol. The number of amides is 1. The van der Waals surface area contributed by atoms with Gasteiger partial charge in [0.1, 0.15) is 5.75 Å². The average Bonchev–Trinajstić information content (AvgIpc) is 2.38. The standard InChI is InChI=1S/C15H22BrNO3/c1-11(20-13-7-5-4-6-12(13)16)14(19)17-10-15(2,3)8-9-18/h4-7,11,18H,8-10H2,1-3H3,(H,17,19). The van der Waals surface area contributed by atoms with Gasteiger partial charge in [-0.1, -0.05) is 26.0 Å². The smallest absolute Gasteiger partial charge is 0.260 e. The molecule has 5 heteroatoms. The molecule has 0 radical (unpaired) electrons. The monoisotopic (exact) mass is 343 g/mol. The third-order valence-corrected chi connectivity index (χ3v) is 3.69. The number of carbonyl (C=O) groups excluding carboxylic acids is 1. The molecule has 1 atom stereocenters. The van der Waals surface area contributed by atoms with Crippen molar-refractivity contribution in [3.05, 3.63) is 28.7 Å². The zero-order chi connectivity index (χ0) is 15.2. The first-order chi connectivity index (χ1) is 9.35. The van der Waals surface area contributed by atoms with Gasteiger partial charge in [0.25, 0.3) is 5.91 Å². The molecule has 1 aromatic carbocycles. The van der Waals surface area contributed by atoms with Crippen molar-refractivity contribution in [2.24, 2.45) is 5.41 Å². The van der Waals surface area contributed by atoms with Crippen LogP contribution < -0.4 is 10.1 Å². The third kappa shape index (κ3) is 5.51. The predicted octanol–water partition coefficient (Wildman–Crippen LogP) is 2.74. The topological polar surface area (TPSA) is 58.6 Å². The Morgan fingerprint density at radius 2 is 2.10 bits per heavy atom. The summed E-state index contributed by atoms with van der Waals surface area (Å²) in [7, 11) is 0. The number of para-hydroxylation sites is 1. The molecule has 1 rings (SSSR count). The second-order valence-electron chi connectivity index (χ2n) is 5.55. The average molecular weight is 344 g/mol. The lowest BCUT2D eigenvalue weighted by atomic mass is 9.90. The Bertz CT molecular complexity index is 448. The van der Waals surface area contributed by atoms with Gasteiger partial charge >= 0.3 is 0 Å². The van der Waals surface area contributed by atoms with Crippen LogP contribution in [0.15, 0.2) is 28.7 Å². The molecule has 0 aromatic heterocycles. The van der Waals surface area contributed by atoms with Crippen LogP contribution in [0.2, 0.25) is 0 Å². The summed E-state index contributed by atoms with van der Waals surface area (Å²) in [6.45, 7) is 6.35. The van der Waals surface area contributed by atoms with Crippen molar-refractivity contribution in [3.63, 3.8) is 0 Å². The van der Waals surface area contributed by atoms with E-state index in [1.807, 2.05) is 38.1 Å². The van der Waals surface area contributed by atoms with Crippen LogP contribution in [0, 0.1) is 5.41 Å². The lowest BCUT2D eigenvalue weighted by Crippen LogP contribution is -2.41. The highest BCUT2D eigenvalue weighted by Gasteiger charge is 2.21. The van der Waals surface area contributed by atoms with Crippen LogP contribution >= 0.6 is 15.9 Å². The van der Waals surface area contributed by atoms with E-state index in [0.29, 0.717) is 18.7 Å². The summed E-state index contributed by atoms with van der Waals surface area (Å²) in [5.41, 5.74) is -0.128. The van der Waals surface area contributed by atoms with Gasteiger partial charge in [-0.05, 0) is 46.8 Å². The van der Waals surface area contributed by atoms with Crippen molar-refractivity contribution in [2.75, 3.05) is 13.2 Å². The summed E-state index contributed by atoms with van der Waals surface area (Å²) in [5.74, 6) is 0.483. The van der Waals surface area contributed by atoms with Crippen LogP contribution in [0.1, 0.15) is 27.2 Å². The molecule has 2 N–H and O–H groups in total. The van der Waals surface area contributed by atoms with E-state index < -0.39 is 6.10 Å². The second kappa shape index (κ2) is 7.64. The Kier molecular flexibility index (Phi) is 6.49. The zero-order valence-electron chi connectivity index (χ0n) is 12.1. The van der Waals surface area contributed by atoms with Gasteiger partial charge in [0.05, 0.1) is 4.47 Å². The molecule has 4 nitrogen and oxygen atoms in total. The summed E-state index contributed by atoms with van der Waals surface area (Å²) >= 11 is 3.38. The number of aliphatic hydroxyl groups is 1. The number of nitrogens with one attached hydrogen (secondary N) is 1. The molecule has 1 aromatic rings.